The number of fused-ring (bicyclic) bond motifs is 1. The van der Waals surface area contributed by atoms with Crippen LogP contribution in [0.4, 0.5) is 11.8 Å². The van der Waals surface area contributed by atoms with Crippen LogP contribution in [0.25, 0.3) is 10.9 Å². The van der Waals surface area contributed by atoms with E-state index in [0.717, 1.165) is 35.7 Å². The van der Waals surface area contributed by atoms with Gasteiger partial charge in [-0.2, -0.15) is 0 Å². The van der Waals surface area contributed by atoms with Crippen molar-refractivity contribution in [1.29, 1.82) is 0 Å². The molecule has 2 unspecified atom stereocenters. The second-order valence-electron chi connectivity index (χ2n) is 8.77. The molecule has 2 aromatic rings. The smallest absolute Gasteiger partial charge is 0.223 e. The molecule has 0 radical (unpaired) electrons. The normalized spacial score (nSPS) is 26.2. The van der Waals surface area contributed by atoms with Crippen molar-refractivity contribution in [3.63, 3.8) is 0 Å². The number of hydrogen-bond donors (Lipinski definition) is 3. The molecule has 2 aliphatic rings. The van der Waals surface area contributed by atoms with Gasteiger partial charge < -0.3 is 15.7 Å². The number of aliphatic hydroxyl groups is 1. The monoisotopic (exact) mass is 434 g/mol. The van der Waals surface area contributed by atoms with E-state index in [9.17, 15) is 13.5 Å². The molecule has 1 saturated carbocycles. The highest BCUT2D eigenvalue weighted by Crippen LogP contribution is 2.33. The van der Waals surface area contributed by atoms with Crippen LogP contribution in [-0.2, 0) is 10.0 Å². The van der Waals surface area contributed by atoms with Gasteiger partial charge in [0.25, 0.3) is 0 Å². The van der Waals surface area contributed by atoms with Crippen molar-refractivity contribution >= 4 is 32.7 Å². The highest BCUT2D eigenvalue weighted by Gasteiger charge is 2.37. The van der Waals surface area contributed by atoms with Crippen molar-refractivity contribution < 1.29 is 13.5 Å². The number of rotatable bonds is 5. The van der Waals surface area contributed by atoms with E-state index in [1.165, 1.54) is 10.6 Å². The maximum Gasteiger partial charge on any atom is 0.223 e. The Morgan fingerprint density at radius 2 is 1.90 bits per heavy atom. The Hall–Kier alpha value is -2.04. The lowest BCUT2D eigenvalue weighted by molar-refractivity contribution is 0.0578. The fourth-order valence-corrected chi connectivity index (χ4v) is 5.25. The molecule has 0 amide bonds. The zero-order valence-corrected chi connectivity index (χ0v) is 18.5. The lowest BCUT2D eigenvalue weighted by Gasteiger charge is -2.30. The van der Waals surface area contributed by atoms with E-state index in [0.29, 0.717) is 37.7 Å². The summed E-state index contributed by atoms with van der Waals surface area (Å²) in [6.07, 6.45) is 8.88. The average Bonchev–Trinajstić information content (AvgIpc) is 3.02. The van der Waals surface area contributed by atoms with Gasteiger partial charge in [-0.05, 0) is 51.5 Å². The summed E-state index contributed by atoms with van der Waals surface area (Å²) in [6.45, 7) is 4.82. The SMILES string of the molecule is Cc1cnc(NC2CCCC2(C)O)c2nc(NC3CCN(S(C)(=O)=O)CC3)ncc12. The molecule has 164 valence electrons. The molecule has 10 heteroatoms. The van der Waals surface area contributed by atoms with Crippen LogP contribution in [-0.4, -0.2) is 69.8 Å². The first-order chi connectivity index (χ1) is 14.1. The largest absolute Gasteiger partial charge is 0.388 e. The van der Waals surface area contributed by atoms with Gasteiger partial charge in [-0.1, -0.05) is 0 Å². The number of sulfonamides is 1. The van der Waals surface area contributed by atoms with Crippen LogP contribution in [0.3, 0.4) is 0 Å². The molecular formula is C20H30N6O3S. The van der Waals surface area contributed by atoms with Gasteiger partial charge in [0.05, 0.1) is 17.9 Å². The van der Waals surface area contributed by atoms with Crippen molar-refractivity contribution in [2.24, 2.45) is 0 Å². The van der Waals surface area contributed by atoms with Gasteiger partial charge in [-0.25, -0.2) is 27.7 Å². The zero-order chi connectivity index (χ0) is 21.5. The van der Waals surface area contributed by atoms with Crippen LogP contribution in [0.5, 0.6) is 0 Å². The molecule has 0 bridgehead atoms. The minimum absolute atomic E-state index is 0.0670. The maximum atomic E-state index is 11.7. The van der Waals surface area contributed by atoms with Gasteiger partial charge >= 0.3 is 0 Å². The number of nitrogens with zero attached hydrogens (tertiary/aromatic N) is 4. The number of hydrogen-bond acceptors (Lipinski definition) is 8. The van der Waals surface area contributed by atoms with Crippen LogP contribution in [0, 0.1) is 6.92 Å². The highest BCUT2D eigenvalue weighted by atomic mass is 32.2. The molecule has 9 nitrogen and oxygen atoms in total. The zero-order valence-electron chi connectivity index (χ0n) is 17.7. The number of nitrogens with one attached hydrogen (secondary N) is 2. The van der Waals surface area contributed by atoms with Gasteiger partial charge in [0, 0.05) is 36.9 Å². The summed E-state index contributed by atoms with van der Waals surface area (Å²) in [4.78, 5) is 13.7. The Morgan fingerprint density at radius 3 is 2.53 bits per heavy atom. The summed E-state index contributed by atoms with van der Waals surface area (Å²) in [5.74, 6) is 1.16. The summed E-state index contributed by atoms with van der Waals surface area (Å²) in [5, 5.41) is 18.3. The molecule has 3 heterocycles. The lowest BCUT2D eigenvalue weighted by Crippen LogP contribution is -2.42. The Kier molecular flexibility index (Phi) is 5.58. The van der Waals surface area contributed by atoms with Crippen LogP contribution >= 0.6 is 0 Å². The van der Waals surface area contributed by atoms with E-state index in [-0.39, 0.29) is 12.1 Å². The first-order valence-electron chi connectivity index (χ1n) is 10.5. The van der Waals surface area contributed by atoms with E-state index in [2.05, 4.69) is 20.6 Å². The Bertz CT molecular complexity index is 1030. The summed E-state index contributed by atoms with van der Waals surface area (Å²) in [5.41, 5.74) is 0.950. The quantitative estimate of drug-likeness (QED) is 0.652. The van der Waals surface area contributed by atoms with Crippen molar-refractivity contribution in [1.82, 2.24) is 19.3 Å². The summed E-state index contributed by atoms with van der Waals surface area (Å²) >= 11 is 0. The molecule has 0 aromatic carbocycles. The van der Waals surface area contributed by atoms with E-state index in [1.54, 1.807) is 12.4 Å². The van der Waals surface area contributed by atoms with Gasteiger partial charge in [0.1, 0.15) is 5.52 Å². The second kappa shape index (κ2) is 7.90. The first kappa shape index (κ1) is 21.2. The molecule has 4 rings (SSSR count). The van der Waals surface area contributed by atoms with Crippen LogP contribution in [0.1, 0.15) is 44.6 Å². The Morgan fingerprint density at radius 1 is 1.17 bits per heavy atom. The fraction of sp³-hybridized carbons (Fsp3) is 0.650. The van der Waals surface area contributed by atoms with Gasteiger partial charge in [-0.3, -0.25) is 0 Å². The van der Waals surface area contributed by atoms with Crippen molar-refractivity contribution in [3.8, 4) is 0 Å². The number of pyridine rings is 1. The van der Waals surface area contributed by atoms with Crippen molar-refractivity contribution in [3.05, 3.63) is 18.0 Å². The fourth-order valence-electron chi connectivity index (χ4n) is 4.37. The number of aryl methyl sites for hydroxylation is 1. The van der Waals surface area contributed by atoms with Gasteiger partial charge in [0.2, 0.25) is 16.0 Å². The van der Waals surface area contributed by atoms with Crippen LogP contribution in [0.15, 0.2) is 12.4 Å². The van der Waals surface area contributed by atoms with E-state index in [4.69, 9.17) is 4.98 Å². The average molecular weight is 435 g/mol. The van der Waals surface area contributed by atoms with Crippen LogP contribution < -0.4 is 10.6 Å². The summed E-state index contributed by atoms with van der Waals surface area (Å²) in [7, 11) is -3.15. The summed E-state index contributed by atoms with van der Waals surface area (Å²) in [6, 6.07) is 0.0489. The maximum absolute atomic E-state index is 11.7. The van der Waals surface area contributed by atoms with Crippen LogP contribution in [0.2, 0.25) is 0 Å². The molecule has 1 aliphatic carbocycles. The lowest BCUT2D eigenvalue weighted by atomic mass is 10.0. The minimum Gasteiger partial charge on any atom is -0.388 e. The number of aromatic nitrogens is 3. The predicted molar refractivity (Wildman–Crippen MR) is 117 cm³/mol. The number of anilines is 2. The number of piperidine rings is 1. The molecular weight excluding hydrogens is 404 g/mol. The van der Waals surface area contributed by atoms with E-state index < -0.39 is 15.6 Å². The van der Waals surface area contributed by atoms with Gasteiger partial charge in [0.15, 0.2) is 5.82 Å². The molecule has 2 aromatic heterocycles. The molecule has 30 heavy (non-hydrogen) atoms. The third-order valence-electron chi connectivity index (χ3n) is 6.32. The third kappa shape index (κ3) is 4.35. The molecule has 0 spiro atoms. The Balaban J connectivity index is 1.54. The highest BCUT2D eigenvalue weighted by molar-refractivity contribution is 7.88. The van der Waals surface area contributed by atoms with E-state index >= 15 is 0 Å². The molecule has 2 atom stereocenters. The molecule has 2 fully saturated rings. The predicted octanol–water partition coefficient (Wildman–Crippen LogP) is 1.88. The first-order valence-corrected chi connectivity index (χ1v) is 12.3. The topological polar surface area (TPSA) is 120 Å². The molecule has 1 aliphatic heterocycles. The standard InChI is InChI=1S/C20H30N6O3S/c1-13-11-21-18(24-16-5-4-8-20(16,2)27)17-15(13)12-22-19(25-17)23-14-6-9-26(10-7-14)30(3,28)29/h11-12,14,16,27H,4-10H2,1-3H3,(H,21,24)(H,22,23,25). The van der Waals surface area contributed by atoms with Crippen molar-refractivity contribution in [2.75, 3.05) is 30.0 Å². The second-order valence-corrected chi connectivity index (χ2v) is 10.8. The molecule has 1 saturated heterocycles. The van der Waals surface area contributed by atoms with Crippen molar-refractivity contribution in [2.45, 2.75) is 63.6 Å². The Labute approximate surface area is 177 Å². The third-order valence-corrected chi connectivity index (χ3v) is 7.62. The summed E-state index contributed by atoms with van der Waals surface area (Å²) < 4.78 is 24.9. The van der Waals surface area contributed by atoms with Gasteiger partial charge in [-0.15, -0.1) is 0 Å². The minimum atomic E-state index is -3.15. The molecule has 3 N–H and O–H groups in total. The van der Waals surface area contributed by atoms with E-state index in [1.807, 2.05) is 13.8 Å².